The van der Waals surface area contributed by atoms with Crippen molar-refractivity contribution in [3.8, 4) is 0 Å². The first-order valence-corrected chi connectivity index (χ1v) is 4.68. The Hall–Kier alpha value is -1.75. The third-order valence-electron chi connectivity index (χ3n) is 2.16. The molecule has 0 amide bonds. The van der Waals surface area contributed by atoms with Gasteiger partial charge in [0.1, 0.15) is 0 Å². The zero-order chi connectivity index (χ0) is 11.9. The number of carboxylic acids is 1. The second-order valence-corrected chi connectivity index (χ2v) is 3.65. The molecule has 0 radical (unpaired) electrons. The van der Waals surface area contributed by atoms with Gasteiger partial charge in [-0.15, -0.1) is 0 Å². The molecular weight excluding hydrogens is 237 g/mol. The largest absolute Gasteiger partial charge is 0.479 e. The summed E-state index contributed by atoms with van der Waals surface area (Å²) >= 11 is 5.66. The highest BCUT2D eigenvalue weighted by Crippen LogP contribution is 2.09. The number of hydrogen-bond donors (Lipinski definition) is 1. The molecule has 1 atom stereocenters. The first-order valence-electron chi connectivity index (χ1n) is 4.31. The molecule has 1 unspecified atom stereocenters. The lowest BCUT2D eigenvalue weighted by Crippen LogP contribution is -2.42. The van der Waals surface area contributed by atoms with Gasteiger partial charge in [0.2, 0.25) is 11.8 Å². The van der Waals surface area contributed by atoms with Gasteiger partial charge in [-0.05, 0) is 18.2 Å². The Balaban J connectivity index is 2.79. The lowest BCUT2D eigenvalue weighted by Gasteiger charge is -2.09. The molecule has 0 aromatic heterocycles. The fourth-order valence-electron chi connectivity index (χ4n) is 1.42. The van der Waals surface area contributed by atoms with Gasteiger partial charge >= 0.3 is 5.97 Å². The first kappa shape index (κ1) is 10.8. The molecule has 0 bridgehead atoms. The molecule has 0 fully saturated rings. The van der Waals surface area contributed by atoms with Crippen LogP contribution in [0.2, 0.25) is 5.02 Å². The number of Topliss-reactive ketones (excluding diaryl/α,β-unsaturated/α-hetero) is 1. The second-order valence-electron chi connectivity index (χ2n) is 3.21. The highest BCUT2D eigenvalue weighted by atomic mass is 35.5. The fraction of sp³-hybridized carbons (Fsp3) is 0.100. The van der Waals surface area contributed by atoms with Crippen molar-refractivity contribution >= 4 is 29.2 Å². The van der Waals surface area contributed by atoms with Crippen LogP contribution in [0.4, 0.5) is 4.39 Å². The molecule has 1 aliphatic rings. The SMILES string of the molecule is O=C(O)C1N=c2cc(Cl)ccc2=C(F)C1=O. The summed E-state index contributed by atoms with van der Waals surface area (Å²) in [5, 5.41) is 9.05. The zero-order valence-corrected chi connectivity index (χ0v) is 8.53. The highest BCUT2D eigenvalue weighted by Gasteiger charge is 2.31. The summed E-state index contributed by atoms with van der Waals surface area (Å²) in [7, 11) is 0. The molecular formula is C10H5ClFNO3. The Morgan fingerprint density at radius 1 is 1.50 bits per heavy atom. The number of carboxylic acid groups (broad SMARTS) is 1. The van der Waals surface area contributed by atoms with Crippen molar-refractivity contribution in [1.82, 2.24) is 0 Å². The molecule has 1 aromatic rings. The van der Waals surface area contributed by atoms with Crippen LogP contribution in [0.25, 0.3) is 5.83 Å². The van der Waals surface area contributed by atoms with E-state index in [1.54, 1.807) is 0 Å². The Kier molecular flexibility index (Phi) is 2.47. The van der Waals surface area contributed by atoms with Crippen LogP contribution < -0.4 is 10.6 Å². The Morgan fingerprint density at radius 3 is 2.81 bits per heavy atom. The van der Waals surface area contributed by atoms with Crippen LogP contribution in [-0.2, 0) is 9.59 Å². The van der Waals surface area contributed by atoms with Crippen LogP contribution in [0.3, 0.4) is 0 Å². The monoisotopic (exact) mass is 241 g/mol. The van der Waals surface area contributed by atoms with Gasteiger partial charge in [0.15, 0.2) is 5.83 Å². The summed E-state index contributed by atoms with van der Waals surface area (Å²) < 4.78 is 13.5. The Bertz CT molecular complexity index is 611. The van der Waals surface area contributed by atoms with Gasteiger partial charge in [-0.2, -0.15) is 0 Å². The van der Waals surface area contributed by atoms with E-state index in [1.165, 1.54) is 18.2 Å². The summed E-state index contributed by atoms with van der Waals surface area (Å²) in [4.78, 5) is 25.6. The molecule has 1 N–H and O–H groups in total. The van der Waals surface area contributed by atoms with E-state index in [9.17, 15) is 14.0 Å². The third kappa shape index (κ3) is 1.59. The minimum atomic E-state index is -1.72. The number of carbonyl (C=O) groups is 2. The van der Waals surface area contributed by atoms with E-state index < -0.39 is 23.6 Å². The number of nitrogens with zero attached hydrogens (tertiary/aromatic N) is 1. The molecule has 82 valence electrons. The molecule has 0 saturated heterocycles. The summed E-state index contributed by atoms with van der Waals surface area (Å²) in [6.45, 7) is 0. The topological polar surface area (TPSA) is 66.7 Å². The minimum Gasteiger partial charge on any atom is -0.479 e. The van der Waals surface area contributed by atoms with Crippen LogP contribution in [0.5, 0.6) is 0 Å². The number of ketones is 1. The number of rotatable bonds is 1. The summed E-state index contributed by atoms with van der Waals surface area (Å²) in [6.07, 6.45) is 0. The Labute approximate surface area is 93.7 Å². The normalized spacial score (nSPS) is 19.0. The standard InChI is InChI=1S/C10H5ClFNO3/c11-4-1-2-5-6(3-4)13-8(10(15)16)9(14)7(5)12/h1-3,8H,(H,15,16). The van der Waals surface area contributed by atoms with Crippen molar-refractivity contribution in [2.45, 2.75) is 6.04 Å². The van der Waals surface area contributed by atoms with Gasteiger partial charge < -0.3 is 5.11 Å². The van der Waals surface area contributed by atoms with Crippen LogP contribution in [0.1, 0.15) is 0 Å². The molecule has 0 aliphatic carbocycles. The minimum absolute atomic E-state index is 0.0214. The molecule has 2 rings (SSSR count). The van der Waals surface area contributed by atoms with Gasteiger partial charge in [-0.25, -0.2) is 9.18 Å². The molecule has 1 aliphatic heterocycles. The first-order chi connectivity index (χ1) is 7.50. The summed E-state index contributed by atoms with van der Waals surface area (Å²) in [5.41, 5.74) is 0. The predicted octanol–water partition coefficient (Wildman–Crippen LogP) is 0.0732. The number of aliphatic carboxylic acids is 1. The third-order valence-corrected chi connectivity index (χ3v) is 2.40. The second kappa shape index (κ2) is 3.68. The van der Waals surface area contributed by atoms with Gasteiger partial charge in [0.25, 0.3) is 0 Å². The smallest absolute Gasteiger partial charge is 0.336 e. The summed E-state index contributed by atoms with van der Waals surface area (Å²) in [6, 6.07) is 2.31. The molecule has 16 heavy (non-hydrogen) atoms. The number of carbonyl (C=O) groups excluding carboxylic acids is 1. The van der Waals surface area contributed by atoms with Crippen LogP contribution in [0.15, 0.2) is 23.2 Å². The van der Waals surface area contributed by atoms with Crippen molar-refractivity contribution < 1.29 is 19.1 Å². The molecule has 4 nitrogen and oxygen atoms in total. The predicted molar refractivity (Wildman–Crippen MR) is 53.2 cm³/mol. The molecule has 1 heterocycles. The molecule has 6 heteroatoms. The lowest BCUT2D eigenvalue weighted by molar-refractivity contribution is -0.141. The average Bonchev–Trinajstić information content (AvgIpc) is 2.22. The number of halogens is 2. The van der Waals surface area contributed by atoms with Gasteiger partial charge in [0, 0.05) is 10.2 Å². The van der Waals surface area contributed by atoms with E-state index in [4.69, 9.17) is 16.7 Å². The lowest BCUT2D eigenvalue weighted by atomic mass is 10.1. The summed E-state index contributed by atoms with van der Waals surface area (Å²) in [5.74, 6) is -3.71. The van der Waals surface area contributed by atoms with Crippen molar-refractivity contribution in [3.05, 3.63) is 33.8 Å². The van der Waals surface area contributed by atoms with E-state index in [-0.39, 0.29) is 10.6 Å². The Morgan fingerprint density at radius 2 is 2.19 bits per heavy atom. The van der Waals surface area contributed by atoms with Crippen LogP contribution >= 0.6 is 11.6 Å². The maximum atomic E-state index is 13.5. The average molecular weight is 242 g/mol. The molecule has 0 spiro atoms. The van der Waals surface area contributed by atoms with E-state index in [0.717, 1.165) is 0 Å². The van der Waals surface area contributed by atoms with Crippen molar-refractivity contribution in [1.29, 1.82) is 0 Å². The number of hydrogen-bond acceptors (Lipinski definition) is 3. The quantitative estimate of drug-likeness (QED) is 0.708. The van der Waals surface area contributed by atoms with Crippen molar-refractivity contribution in [2.75, 3.05) is 0 Å². The number of benzene rings is 1. The van der Waals surface area contributed by atoms with Crippen LogP contribution in [-0.4, -0.2) is 22.9 Å². The maximum absolute atomic E-state index is 13.5. The molecule has 1 aromatic carbocycles. The van der Waals surface area contributed by atoms with E-state index in [0.29, 0.717) is 5.02 Å². The van der Waals surface area contributed by atoms with Crippen molar-refractivity contribution in [2.24, 2.45) is 4.99 Å². The highest BCUT2D eigenvalue weighted by molar-refractivity contribution is 6.30. The zero-order valence-electron chi connectivity index (χ0n) is 7.78. The van der Waals surface area contributed by atoms with Gasteiger partial charge in [-0.3, -0.25) is 9.79 Å². The van der Waals surface area contributed by atoms with Crippen LogP contribution in [0, 0.1) is 0 Å². The van der Waals surface area contributed by atoms with Gasteiger partial charge in [-0.1, -0.05) is 11.6 Å². The van der Waals surface area contributed by atoms with Gasteiger partial charge in [0.05, 0.1) is 5.36 Å². The maximum Gasteiger partial charge on any atom is 0.336 e. The fourth-order valence-corrected chi connectivity index (χ4v) is 1.58. The van der Waals surface area contributed by atoms with E-state index in [1.807, 2.05) is 0 Å². The number of fused-ring (bicyclic) bond motifs is 1. The van der Waals surface area contributed by atoms with E-state index in [2.05, 4.69) is 4.99 Å². The molecule has 0 saturated carbocycles. The van der Waals surface area contributed by atoms with E-state index >= 15 is 0 Å². The van der Waals surface area contributed by atoms with Crippen molar-refractivity contribution in [3.63, 3.8) is 0 Å².